The third kappa shape index (κ3) is 3.59. The maximum Gasteiger partial charge on any atom is 0.244 e. The Morgan fingerprint density at radius 3 is 2.44 bits per heavy atom. The molecule has 8 heteroatoms. The number of aromatic nitrogens is 2. The molecular weight excluding hydrogens is 364 g/mol. The molecule has 0 bridgehead atoms. The van der Waals surface area contributed by atoms with Crippen molar-refractivity contribution in [1.29, 1.82) is 0 Å². The number of hydrogen-bond donors (Lipinski definition) is 1. The Hall–Kier alpha value is -2.32. The molecule has 1 aromatic carbocycles. The molecule has 1 atom stereocenters. The van der Waals surface area contributed by atoms with E-state index in [2.05, 4.69) is 15.3 Å². The minimum atomic E-state index is -3.80. The number of aryl methyl sites for hydroxylation is 3. The van der Waals surface area contributed by atoms with E-state index in [0.29, 0.717) is 30.8 Å². The average molecular weight is 388 g/mol. The average Bonchev–Trinajstić information content (AvgIpc) is 3.12. The number of likely N-dealkylation sites (N-methyl/N-ethyl adjacent to an activating group) is 1. The van der Waals surface area contributed by atoms with Crippen LogP contribution in [-0.4, -0.2) is 48.2 Å². The van der Waals surface area contributed by atoms with Crippen molar-refractivity contribution < 1.29 is 13.2 Å². The molecule has 1 aliphatic rings. The largest absolute Gasteiger partial charge is 0.358 e. The quantitative estimate of drug-likeness (QED) is 0.864. The second-order valence-electron chi connectivity index (χ2n) is 6.84. The van der Waals surface area contributed by atoms with Crippen molar-refractivity contribution in [1.82, 2.24) is 19.6 Å². The van der Waals surface area contributed by atoms with Crippen molar-refractivity contribution in [2.45, 2.75) is 44.6 Å². The lowest BCUT2D eigenvalue weighted by Gasteiger charge is -2.24. The van der Waals surface area contributed by atoms with E-state index < -0.39 is 16.1 Å². The molecule has 7 nitrogen and oxygen atoms in total. The SMILES string of the molecule is CNC(=O)[C@H]1CCCN1S(=O)(=O)c1cc(-c2cnc(C)nc2)c(C)cc1C. The molecule has 27 heavy (non-hydrogen) atoms. The van der Waals surface area contributed by atoms with Gasteiger partial charge in [0.1, 0.15) is 11.9 Å². The summed E-state index contributed by atoms with van der Waals surface area (Å²) in [5.41, 5.74) is 3.14. The van der Waals surface area contributed by atoms with Crippen molar-refractivity contribution >= 4 is 15.9 Å². The van der Waals surface area contributed by atoms with Crippen LogP contribution in [-0.2, 0) is 14.8 Å². The Balaban J connectivity index is 2.09. The molecule has 1 aromatic heterocycles. The fourth-order valence-corrected chi connectivity index (χ4v) is 5.43. The van der Waals surface area contributed by atoms with E-state index in [1.54, 1.807) is 32.3 Å². The highest BCUT2D eigenvalue weighted by molar-refractivity contribution is 7.89. The predicted octanol–water partition coefficient (Wildman–Crippen LogP) is 1.97. The third-order valence-corrected chi connectivity index (χ3v) is 7.00. The summed E-state index contributed by atoms with van der Waals surface area (Å²) in [6.45, 7) is 5.85. The lowest BCUT2D eigenvalue weighted by atomic mass is 10.0. The van der Waals surface area contributed by atoms with Crippen LogP contribution in [0.1, 0.15) is 29.8 Å². The topological polar surface area (TPSA) is 92.3 Å². The van der Waals surface area contributed by atoms with Gasteiger partial charge in [-0.25, -0.2) is 18.4 Å². The molecule has 2 aromatic rings. The highest BCUT2D eigenvalue weighted by atomic mass is 32.2. The van der Waals surface area contributed by atoms with E-state index in [1.807, 2.05) is 13.0 Å². The van der Waals surface area contributed by atoms with Gasteiger partial charge in [0.25, 0.3) is 0 Å². The number of sulfonamides is 1. The standard InChI is InChI=1S/C19H24N4O3S/c1-12-8-13(2)18(9-16(12)15-10-21-14(3)22-11-15)27(25,26)23-7-5-6-17(23)19(24)20-4/h8-11,17H,5-7H2,1-4H3,(H,20,24)/t17-/m1/s1. The van der Waals surface area contributed by atoms with E-state index in [-0.39, 0.29) is 10.8 Å². The number of rotatable bonds is 4. The second kappa shape index (κ2) is 7.36. The predicted molar refractivity (Wildman–Crippen MR) is 103 cm³/mol. The summed E-state index contributed by atoms with van der Waals surface area (Å²) >= 11 is 0. The summed E-state index contributed by atoms with van der Waals surface area (Å²) in [5, 5.41) is 2.57. The van der Waals surface area contributed by atoms with Crippen LogP contribution < -0.4 is 5.32 Å². The summed E-state index contributed by atoms with van der Waals surface area (Å²) in [5.74, 6) is 0.384. The molecule has 0 aliphatic carbocycles. The molecule has 1 fully saturated rings. The van der Waals surface area contributed by atoms with Gasteiger partial charge in [-0.1, -0.05) is 6.07 Å². The summed E-state index contributed by atoms with van der Waals surface area (Å²) in [6, 6.07) is 2.87. The van der Waals surface area contributed by atoms with Gasteiger partial charge in [0.2, 0.25) is 15.9 Å². The second-order valence-corrected chi connectivity index (χ2v) is 8.70. The summed E-state index contributed by atoms with van der Waals surface area (Å²) < 4.78 is 28.0. The minimum Gasteiger partial charge on any atom is -0.358 e. The molecular formula is C19H24N4O3S. The first-order valence-corrected chi connectivity index (χ1v) is 10.3. The minimum absolute atomic E-state index is 0.222. The van der Waals surface area contributed by atoms with Gasteiger partial charge in [-0.05, 0) is 56.4 Å². The number of hydrogen-bond acceptors (Lipinski definition) is 5. The first-order chi connectivity index (χ1) is 12.8. The fraction of sp³-hybridized carbons (Fsp3) is 0.421. The van der Waals surface area contributed by atoms with Gasteiger partial charge in [-0.15, -0.1) is 0 Å². The highest BCUT2D eigenvalue weighted by Crippen LogP contribution is 2.32. The molecule has 3 rings (SSSR count). The zero-order chi connectivity index (χ0) is 19.8. The molecule has 1 saturated heterocycles. The van der Waals surface area contributed by atoms with Gasteiger partial charge >= 0.3 is 0 Å². The molecule has 1 N–H and O–H groups in total. The van der Waals surface area contributed by atoms with E-state index in [9.17, 15) is 13.2 Å². The number of amides is 1. The summed E-state index contributed by atoms with van der Waals surface area (Å²) in [7, 11) is -2.27. The molecule has 2 heterocycles. The van der Waals surface area contributed by atoms with Gasteiger partial charge in [0.15, 0.2) is 0 Å². The smallest absolute Gasteiger partial charge is 0.244 e. The van der Waals surface area contributed by atoms with Crippen molar-refractivity contribution in [2.24, 2.45) is 0 Å². The molecule has 0 saturated carbocycles. The van der Waals surface area contributed by atoms with E-state index >= 15 is 0 Å². The van der Waals surface area contributed by atoms with Crippen molar-refractivity contribution in [3.63, 3.8) is 0 Å². The van der Waals surface area contributed by atoms with Crippen LogP contribution in [0.5, 0.6) is 0 Å². The number of nitrogens with zero attached hydrogens (tertiary/aromatic N) is 3. The van der Waals surface area contributed by atoms with Crippen molar-refractivity contribution in [3.8, 4) is 11.1 Å². The zero-order valence-corrected chi connectivity index (χ0v) is 16.8. The van der Waals surface area contributed by atoms with Crippen molar-refractivity contribution in [2.75, 3.05) is 13.6 Å². The van der Waals surface area contributed by atoms with E-state index in [4.69, 9.17) is 0 Å². The van der Waals surface area contributed by atoms with Crippen molar-refractivity contribution in [3.05, 3.63) is 41.5 Å². The third-order valence-electron chi connectivity index (χ3n) is 4.95. The highest BCUT2D eigenvalue weighted by Gasteiger charge is 2.39. The monoisotopic (exact) mass is 388 g/mol. The zero-order valence-electron chi connectivity index (χ0n) is 16.0. The van der Waals surface area contributed by atoms with Crippen LogP contribution in [0.4, 0.5) is 0 Å². The first kappa shape index (κ1) is 19.4. The van der Waals surface area contributed by atoms with Crippen LogP contribution in [0.15, 0.2) is 29.4 Å². The Bertz CT molecular complexity index is 971. The van der Waals surface area contributed by atoms with E-state index in [1.165, 1.54) is 11.4 Å². The lowest BCUT2D eigenvalue weighted by molar-refractivity contribution is -0.123. The van der Waals surface area contributed by atoms with Crippen LogP contribution in [0.3, 0.4) is 0 Å². The number of carbonyl (C=O) groups excluding carboxylic acids is 1. The Labute approximate surface area is 159 Å². The summed E-state index contributed by atoms with van der Waals surface area (Å²) in [6.07, 6.45) is 4.59. The maximum absolute atomic E-state index is 13.3. The molecule has 1 amide bonds. The summed E-state index contributed by atoms with van der Waals surface area (Å²) in [4.78, 5) is 20.8. The molecule has 1 aliphatic heterocycles. The molecule has 144 valence electrons. The Kier molecular flexibility index (Phi) is 5.30. The Morgan fingerprint density at radius 2 is 1.81 bits per heavy atom. The molecule has 0 spiro atoms. The van der Waals surface area contributed by atoms with Crippen LogP contribution in [0, 0.1) is 20.8 Å². The Morgan fingerprint density at radius 1 is 1.15 bits per heavy atom. The number of nitrogens with one attached hydrogen (secondary N) is 1. The van der Waals surface area contributed by atoms with E-state index in [0.717, 1.165) is 16.7 Å². The van der Waals surface area contributed by atoms with Crippen LogP contribution in [0.2, 0.25) is 0 Å². The maximum atomic E-state index is 13.3. The van der Waals surface area contributed by atoms with Gasteiger partial charge < -0.3 is 5.32 Å². The number of benzene rings is 1. The van der Waals surface area contributed by atoms with Gasteiger partial charge in [-0.3, -0.25) is 4.79 Å². The first-order valence-electron chi connectivity index (χ1n) is 8.89. The normalized spacial score (nSPS) is 17.9. The molecule has 0 radical (unpaired) electrons. The number of carbonyl (C=O) groups is 1. The molecule has 0 unspecified atom stereocenters. The van der Waals surface area contributed by atoms with Gasteiger partial charge in [0, 0.05) is 31.5 Å². The van der Waals surface area contributed by atoms with Gasteiger partial charge in [-0.2, -0.15) is 4.31 Å². The van der Waals surface area contributed by atoms with Gasteiger partial charge in [0.05, 0.1) is 4.90 Å². The van der Waals surface area contributed by atoms with Crippen LogP contribution in [0.25, 0.3) is 11.1 Å². The fourth-order valence-electron chi connectivity index (χ4n) is 3.54. The lowest BCUT2D eigenvalue weighted by Crippen LogP contribution is -2.44. The van der Waals surface area contributed by atoms with Crippen LogP contribution >= 0.6 is 0 Å².